The Kier molecular flexibility index (Phi) is 6.60. The number of hydrogen-bond donors (Lipinski definition) is 0. The first-order valence-corrected chi connectivity index (χ1v) is 9.84. The van der Waals surface area contributed by atoms with Crippen molar-refractivity contribution in [3.63, 3.8) is 0 Å². The molecule has 2 aliphatic rings. The van der Waals surface area contributed by atoms with E-state index in [1.165, 1.54) is 0 Å². The van der Waals surface area contributed by atoms with Gasteiger partial charge in [0.15, 0.2) is 5.78 Å². The zero-order valence-electron chi connectivity index (χ0n) is 16.1. The minimum Gasteiger partial charge on any atom is -0.463 e. The molecule has 0 amide bonds. The van der Waals surface area contributed by atoms with Gasteiger partial charge in [0, 0.05) is 29.0 Å². The Morgan fingerprint density at radius 1 is 1.18 bits per heavy atom. The quantitative estimate of drug-likeness (QED) is 0.577. The number of carbonyl (C=O) groups is 3. The zero-order valence-corrected chi connectivity index (χ0v) is 16.1. The van der Waals surface area contributed by atoms with Crippen LogP contribution in [-0.2, 0) is 19.1 Å². The number of ketones is 2. The summed E-state index contributed by atoms with van der Waals surface area (Å²) < 4.78 is 5.16. The third kappa shape index (κ3) is 4.67. The van der Waals surface area contributed by atoms with Crippen molar-refractivity contribution >= 4 is 17.5 Å². The van der Waals surface area contributed by atoms with Crippen molar-refractivity contribution < 1.29 is 19.1 Å². The van der Waals surface area contributed by atoms with Crippen molar-refractivity contribution in [2.24, 2.45) is 5.92 Å². The Hall–Kier alpha value is -2.93. The minimum absolute atomic E-state index is 0.0261. The second-order valence-corrected chi connectivity index (χ2v) is 7.06. The van der Waals surface area contributed by atoms with Crippen molar-refractivity contribution in [1.29, 1.82) is 0 Å². The number of hydrogen-bond acceptors (Lipinski definition) is 4. The van der Waals surface area contributed by atoms with E-state index in [-0.39, 0.29) is 31.0 Å². The van der Waals surface area contributed by atoms with Crippen molar-refractivity contribution in [3.8, 4) is 11.8 Å². The summed E-state index contributed by atoms with van der Waals surface area (Å²) in [5.74, 6) is 4.07. The number of allylic oxidation sites excluding steroid dienone is 3. The molecule has 0 saturated carbocycles. The van der Waals surface area contributed by atoms with Gasteiger partial charge in [-0.25, -0.2) is 4.79 Å². The maximum absolute atomic E-state index is 13.0. The highest BCUT2D eigenvalue weighted by Crippen LogP contribution is 2.38. The Morgan fingerprint density at radius 3 is 2.64 bits per heavy atom. The van der Waals surface area contributed by atoms with Gasteiger partial charge in [0.1, 0.15) is 0 Å². The number of carbonyl (C=O) groups excluding carboxylic acids is 3. The van der Waals surface area contributed by atoms with Crippen LogP contribution in [0.3, 0.4) is 0 Å². The smallest absolute Gasteiger partial charge is 0.334 e. The molecule has 0 saturated heterocycles. The average Bonchev–Trinajstić information content (AvgIpc) is 3.04. The molecule has 144 valence electrons. The van der Waals surface area contributed by atoms with E-state index in [2.05, 4.69) is 17.9 Å². The molecule has 0 radical (unpaired) electrons. The van der Waals surface area contributed by atoms with E-state index < -0.39 is 11.9 Å². The molecule has 4 heteroatoms. The van der Waals surface area contributed by atoms with Crippen LogP contribution in [0.25, 0.3) is 0 Å². The number of benzene rings is 1. The van der Waals surface area contributed by atoms with Gasteiger partial charge in [-0.2, -0.15) is 0 Å². The fourth-order valence-corrected chi connectivity index (χ4v) is 3.72. The molecule has 0 aromatic heterocycles. The normalized spacial score (nSPS) is 19.0. The number of Topliss-reactive ketones (excluding diaryl/α,β-unsaturated/α-hetero) is 2. The number of ether oxygens (including phenoxy) is 1. The predicted octanol–water partition coefficient (Wildman–Crippen LogP) is 3.95. The van der Waals surface area contributed by atoms with Gasteiger partial charge in [-0.1, -0.05) is 30.2 Å². The Morgan fingerprint density at radius 2 is 1.96 bits per heavy atom. The lowest BCUT2D eigenvalue weighted by Crippen LogP contribution is -2.15. The number of esters is 1. The molecule has 0 N–H and O–H groups in total. The lowest BCUT2D eigenvalue weighted by Gasteiger charge is -2.15. The molecule has 1 unspecified atom stereocenters. The summed E-state index contributed by atoms with van der Waals surface area (Å²) in [5, 5.41) is 0. The summed E-state index contributed by atoms with van der Waals surface area (Å²) >= 11 is 0. The Balaban J connectivity index is 1.77. The average molecular weight is 376 g/mol. The second-order valence-electron chi connectivity index (χ2n) is 7.06. The maximum atomic E-state index is 13.0. The van der Waals surface area contributed by atoms with Crippen molar-refractivity contribution in [2.45, 2.75) is 45.4 Å². The predicted molar refractivity (Wildman–Crippen MR) is 106 cm³/mol. The van der Waals surface area contributed by atoms with Gasteiger partial charge < -0.3 is 4.74 Å². The Bertz CT molecular complexity index is 894. The highest BCUT2D eigenvalue weighted by atomic mass is 16.5. The molecule has 1 aromatic carbocycles. The van der Waals surface area contributed by atoms with Gasteiger partial charge in [0.2, 0.25) is 5.78 Å². The fourth-order valence-electron chi connectivity index (χ4n) is 3.72. The molecule has 2 aliphatic carbocycles. The maximum Gasteiger partial charge on any atom is 0.334 e. The highest BCUT2D eigenvalue weighted by molar-refractivity contribution is 6.13. The molecular formula is C24H24O4. The first-order chi connectivity index (χ1) is 13.6. The number of rotatable bonds is 5. The Labute approximate surface area is 165 Å². The van der Waals surface area contributed by atoms with Gasteiger partial charge in [-0.3, -0.25) is 9.59 Å². The van der Waals surface area contributed by atoms with Gasteiger partial charge in [0.25, 0.3) is 0 Å². The van der Waals surface area contributed by atoms with E-state index in [1.807, 2.05) is 30.3 Å². The van der Waals surface area contributed by atoms with E-state index in [0.29, 0.717) is 11.1 Å². The fraction of sp³-hybridized carbons (Fsp3) is 0.375. The summed E-state index contributed by atoms with van der Waals surface area (Å²) in [4.78, 5) is 37.8. The van der Waals surface area contributed by atoms with Crippen LogP contribution in [0.5, 0.6) is 0 Å². The van der Waals surface area contributed by atoms with Crippen LogP contribution in [-0.4, -0.2) is 24.1 Å². The molecule has 28 heavy (non-hydrogen) atoms. The molecule has 0 bridgehead atoms. The summed E-state index contributed by atoms with van der Waals surface area (Å²) in [6, 6.07) is 9.25. The molecule has 0 spiro atoms. The van der Waals surface area contributed by atoms with Gasteiger partial charge in [-0.15, -0.1) is 0 Å². The van der Waals surface area contributed by atoms with E-state index in [1.54, 1.807) is 6.92 Å². The molecule has 0 heterocycles. The zero-order chi connectivity index (χ0) is 19.9. The van der Waals surface area contributed by atoms with Crippen molar-refractivity contribution in [3.05, 3.63) is 58.7 Å². The van der Waals surface area contributed by atoms with Gasteiger partial charge in [0.05, 0.1) is 6.61 Å². The molecule has 3 rings (SSSR count). The molecule has 0 aliphatic heterocycles. The largest absolute Gasteiger partial charge is 0.463 e. The molecular weight excluding hydrogens is 352 g/mol. The molecule has 1 aromatic rings. The SMILES string of the molecule is CCOC(=O)C1=C(C2=CCCCC2)C(=O)C(CC(=O)C#Cc2ccccc2)C1. The second kappa shape index (κ2) is 9.32. The van der Waals surface area contributed by atoms with Crippen LogP contribution in [0.4, 0.5) is 0 Å². The summed E-state index contributed by atoms with van der Waals surface area (Å²) in [7, 11) is 0. The third-order valence-electron chi connectivity index (χ3n) is 5.06. The first-order valence-electron chi connectivity index (χ1n) is 9.84. The van der Waals surface area contributed by atoms with Crippen LogP contribution < -0.4 is 0 Å². The van der Waals surface area contributed by atoms with E-state index in [9.17, 15) is 14.4 Å². The standard InChI is InChI=1S/C24H24O4/c1-2-28-24(27)21-16-19(23(26)22(21)18-11-7-4-8-12-18)15-20(25)14-13-17-9-5-3-6-10-17/h3,5-6,9-11,19H,2,4,7-8,12,15-16H2,1H3. The molecule has 1 atom stereocenters. The first kappa shape index (κ1) is 19.8. The highest BCUT2D eigenvalue weighted by Gasteiger charge is 2.39. The van der Waals surface area contributed by atoms with Crippen LogP contribution in [0, 0.1) is 17.8 Å². The minimum atomic E-state index is -0.533. The summed E-state index contributed by atoms with van der Waals surface area (Å²) in [6.45, 7) is 2.00. The van der Waals surface area contributed by atoms with E-state index >= 15 is 0 Å². The van der Waals surface area contributed by atoms with Crippen molar-refractivity contribution in [1.82, 2.24) is 0 Å². The van der Waals surface area contributed by atoms with Crippen LogP contribution >= 0.6 is 0 Å². The topological polar surface area (TPSA) is 60.4 Å². The summed E-state index contributed by atoms with van der Waals surface area (Å²) in [5.41, 5.74) is 2.61. The van der Waals surface area contributed by atoms with Crippen LogP contribution in [0.2, 0.25) is 0 Å². The molecule has 0 fully saturated rings. The monoisotopic (exact) mass is 376 g/mol. The van der Waals surface area contributed by atoms with Gasteiger partial charge >= 0.3 is 5.97 Å². The summed E-state index contributed by atoms with van der Waals surface area (Å²) in [6.07, 6.45) is 6.13. The van der Waals surface area contributed by atoms with Crippen LogP contribution in [0.15, 0.2) is 53.1 Å². The third-order valence-corrected chi connectivity index (χ3v) is 5.06. The van der Waals surface area contributed by atoms with Gasteiger partial charge in [-0.05, 0) is 62.7 Å². The lowest BCUT2D eigenvalue weighted by molar-refractivity contribution is -0.138. The molecule has 4 nitrogen and oxygen atoms in total. The lowest BCUT2D eigenvalue weighted by atomic mass is 9.89. The van der Waals surface area contributed by atoms with Crippen molar-refractivity contribution in [2.75, 3.05) is 6.61 Å². The van der Waals surface area contributed by atoms with E-state index in [0.717, 1.165) is 36.8 Å². The van der Waals surface area contributed by atoms with E-state index in [4.69, 9.17) is 4.74 Å². The van der Waals surface area contributed by atoms with Crippen LogP contribution in [0.1, 0.15) is 51.0 Å².